The highest BCUT2D eigenvalue weighted by molar-refractivity contribution is 6.62. The maximum absolute atomic E-state index is 6.29. The lowest BCUT2D eigenvalue weighted by Crippen LogP contribution is -2.41. The molecule has 5 heteroatoms. The quantitative estimate of drug-likeness (QED) is 0.763. The smallest absolute Gasteiger partial charge is 0.399 e. The van der Waals surface area contributed by atoms with Crippen molar-refractivity contribution in [1.82, 2.24) is 9.78 Å². The third-order valence-electron chi connectivity index (χ3n) is 5.59. The van der Waals surface area contributed by atoms with Crippen molar-refractivity contribution in [2.45, 2.75) is 78.9 Å². The van der Waals surface area contributed by atoms with Crippen LogP contribution in [0.2, 0.25) is 0 Å². The number of rotatable bonds is 2. The van der Waals surface area contributed by atoms with E-state index in [-0.39, 0.29) is 23.7 Å². The van der Waals surface area contributed by atoms with Crippen molar-refractivity contribution < 1.29 is 9.31 Å². The number of aromatic nitrogens is 2. The molecule has 3 rings (SSSR count). The van der Waals surface area contributed by atoms with Gasteiger partial charge in [-0.3, -0.25) is 0 Å². The van der Waals surface area contributed by atoms with Gasteiger partial charge in [0.15, 0.2) is 0 Å². The molecule has 2 aromatic rings. The summed E-state index contributed by atoms with van der Waals surface area (Å²) >= 11 is 0. The Hall–Kier alpha value is -1.59. The maximum atomic E-state index is 6.29. The van der Waals surface area contributed by atoms with Gasteiger partial charge >= 0.3 is 7.12 Å². The molecule has 1 saturated heterocycles. The van der Waals surface area contributed by atoms with Gasteiger partial charge in [0.1, 0.15) is 0 Å². The first kappa shape index (κ1) is 19.2. The van der Waals surface area contributed by atoms with Crippen LogP contribution >= 0.6 is 0 Å². The average Bonchev–Trinajstić information content (AvgIpc) is 2.93. The molecule has 4 nitrogen and oxygen atoms in total. The van der Waals surface area contributed by atoms with Crippen LogP contribution in [0.5, 0.6) is 0 Å². The molecule has 0 amide bonds. The Morgan fingerprint density at radius 2 is 1.50 bits per heavy atom. The van der Waals surface area contributed by atoms with E-state index in [0.29, 0.717) is 0 Å². The lowest BCUT2D eigenvalue weighted by atomic mass is 9.75. The van der Waals surface area contributed by atoms with E-state index in [2.05, 4.69) is 84.8 Å². The van der Waals surface area contributed by atoms with Gasteiger partial charge in [-0.25, -0.2) is 4.68 Å². The molecule has 0 radical (unpaired) electrons. The molecular formula is C21H31BN2O2. The topological polar surface area (TPSA) is 36.3 Å². The summed E-state index contributed by atoms with van der Waals surface area (Å²) in [6, 6.07) is 8.65. The molecule has 0 atom stereocenters. The third-order valence-corrected chi connectivity index (χ3v) is 5.59. The summed E-state index contributed by atoms with van der Waals surface area (Å²) in [5.74, 6) is 0. The van der Waals surface area contributed by atoms with Crippen molar-refractivity contribution in [3.8, 4) is 5.69 Å². The van der Waals surface area contributed by atoms with Crippen LogP contribution in [0.25, 0.3) is 5.69 Å². The number of hydrogen-bond acceptors (Lipinski definition) is 3. The Labute approximate surface area is 158 Å². The third kappa shape index (κ3) is 3.35. The number of benzene rings is 1. The first-order chi connectivity index (χ1) is 11.8. The number of hydrogen-bond donors (Lipinski definition) is 0. The second-order valence-corrected chi connectivity index (χ2v) is 9.49. The molecule has 1 aliphatic rings. The minimum Gasteiger partial charge on any atom is -0.399 e. The summed E-state index contributed by atoms with van der Waals surface area (Å²) in [6.07, 6.45) is 0. The Morgan fingerprint density at radius 1 is 0.923 bits per heavy atom. The summed E-state index contributed by atoms with van der Waals surface area (Å²) in [7, 11) is -0.377. The normalized spacial score (nSPS) is 19.2. The van der Waals surface area contributed by atoms with Crippen molar-refractivity contribution in [2.75, 3.05) is 0 Å². The highest BCUT2D eigenvalue weighted by Gasteiger charge is 2.51. The van der Waals surface area contributed by atoms with E-state index >= 15 is 0 Å². The lowest BCUT2D eigenvalue weighted by molar-refractivity contribution is 0.00578. The number of aryl methyl sites for hydroxylation is 2. The van der Waals surface area contributed by atoms with Gasteiger partial charge in [0.05, 0.1) is 22.6 Å². The second-order valence-electron chi connectivity index (χ2n) is 9.49. The van der Waals surface area contributed by atoms with Gasteiger partial charge < -0.3 is 9.31 Å². The average molecular weight is 354 g/mol. The molecule has 26 heavy (non-hydrogen) atoms. The Morgan fingerprint density at radius 3 is 1.96 bits per heavy atom. The van der Waals surface area contributed by atoms with Crippen LogP contribution in [0.15, 0.2) is 24.3 Å². The Balaban J connectivity index is 2.12. The molecule has 0 unspecified atom stereocenters. The fourth-order valence-corrected chi connectivity index (χ4v) is 3.20. The van der Waals surface area contributed by atoms with E-state index in [4.69, 9.17) is 9.31 Å². The van der Waals surface area contributed by atoms with Crippen molar-refractivity contribution in [1.29, 1.82) is 0 Å². The molecule has 0 bridgehead atoms. The van der Waals surface area contributed by atoms with Crippen molar-refractivity contribution in [3.05, 3.63) is 41.2 Å². The molecule has 1 aliphatic heterocycles. The van der Waals surface area contributed by atoms with E-state index < -0.39 is 0 Å². The lowest BCUT2D eigenvalue weighted by Gasteiger charge is -2.32. The minimum absolute atomic E-state index is 0.0184. The highest BCUT2D eigenvalue weighted by atomic mass is 16.7. The molecule has 140 valence electrons. The largest absolute Gasteiger partial charge is 0.494 e. The van der Waals surface area contributed by atoms with E-state index in [1.807, 2.05) is 11.6 Å². The van der Waals surface area contributed by atoms with Gasteiger partial charge in [-0.15, -0.1) is 0 Å². The van der Waals surface area contributed by atoms with Gasteiger partial charge in [-0.05, 0) is 76.2 Å². The molecule has 0 saturated carbocycles. The SMILES string of the molecule is Cc1cc(C)n(-c2cc(B3OC(C)(C)C(C)(C)O3)cc(C(C)(C)C)c2)n1. The first-order valence-corrected chi connectivity index (χ1v) is 9.35. The molecule has 0 aliphatic carbocycles. The van der Waals surface area contributed by atoms with Gasteiger partial charge in [0, 0.05) is 5.69 Å². The van der Waals surface area contributed by atoms with Crippen LogP contribution in [0.1, 0.15) is 65.4 Å². The van der Waals surface area contributed by atoms with Crippen LogP contribution in [-0.2, 0) is 14.7 Å². The fourth-order valence-electron chi connectivity index (χ4n) is 3.20. The highest BCUT2D eigenvalue weighted by Crippen LogP contribution is 2.37. The van der Waals surface area contributed by atoms with E-state index in [1.165, 1.54) is 5.56 Å². The van der Waals surface area contributed by atoms with Crippen LogP contribution in [0.4, 0.5) is 0 Å². The van der Waals surface area contributed by atoms with Crippen molar-refractivity contribution >= 4 is 12.6 Å². The zero-order valence-electron chi connectivity index (χ0n) is 17.6. The molecule has 0 spiro atoms. The monoisotopic (exact) mass is 354 g/mol. The zero-order valence-corrected chi connectivity index (χ0v) is 17.6. The standard InChI is InChI=1S/C21H31BN2O2/c1-14-10-15(2)24(23-14)18-12-16(19(3,4)5)11-17(13-18)22-25-20(6,7)21(8,9)26-22/h10-13H,1-9H3. The van der Waals surface area contributed by atoms with Crippen LogP contribution in [-0.4, -0.2) is 28.1 Å². The van der Waals surface area contributed by atoms with Crippen LogP contribution < -0.4 is 5.46 Å². The van der Waals surface area contributed by atoms with Crippen molar-refractivity contribution in [3.63, 3.8) is 0 Å². The summed E-state index contributed by atoms with van der Waals surface area (Å²) < 4.78 is 14.6. The van der Waals surface area contributed by atoms with E-state index in [0.717, 1.165) is 22.5 Å². The van der Waals surface area contributed by atoms with E-state index in [9.17, 15) is 0 Å². The molecule has 1 fully saturated rings. The second kappa shape index (κ2) is 5.96. The molecule has 1 aromatic heterocycles. The summed E-state index contributed by atoms with van der Waals surface area (Å²) in [6.45, 7) is 19.1. The predicted octanol–water partition coefficient (Wildman–Crippen LogP) is 4.09. The van der Waals surface area contributed by atoms with Gasteiger partial charge in [0.2, 0.25) is 0 Å². The van der Waals surface area contributed by atoms with Gasteiger partial charge in [0.25, 0.3) is 0 Å². The zero-order chi connectivity index (χ0) is 19.5. The van der Waals surface area contributed by atoms with E-state index in [1.54, 1.807) is 0 Å². The molecule has 2 heterocycles. The Kier molecular flexibility index (Phi) is 4.40. The molecule has 1 aromatic carbocycles. The van der Waals surface area contributed by atoms with Crippen LogP contribution in [0.3, 0.4) is 0 Å². The molecule has 0 N–H and O–H groups in total. The fraction of sp³-hybridized carbons (Fsp3) is 0.571. The Bertz CT molecular complexity index is 815. The van der Waals surface area contributed by atoms with Crippen LogP contribution in [0, 0.1) is 13.8 Å². The predicted molar refractivity (Wildman–Crippen MR) is 107 cm³/mol. The summed E-state index contributed by atoms with van der Waals surface area (Å²) in [5, 5.41) is 4.66. The van der Waals surface area contributed by atoms with Gasteiger partial charge in [-0.1, -0.05) is 26.8 Å². The maximum Gasteiger partial charge on any atom is 0.494 e. The molecular weight excluding hydrogens is 323 g/mol. The number of nitrogens with zero attached hydrogens (tertiary/aromatic N) is 2. The van der Waals surface area contributed by atoms with Gasteiger partial charge in [-0.2, -0.15) is 5.10 Å². The van der Waals surface area contributed by atoms with Crippen molar-refractivity contribution in [2.24, 2.45) is 0 Å². The minimum atomic E-state index is -0.377. The first-order valence-electron chi connectivity index (χ1n) is 9.35. The summed E-state index contributed by atoms with van der Waals surface area (Å²) in [5.41, 5.74) is 4.78. The summed E-state index contributed by atoms with van der Waals surface area (Å²) in [4.78, 5) is 0.